The number of carboxylic acids is 1. The Bertz CT molecular complexity index is 192. The van der Waals surface area contributed by atoms with Crippen molar-refractivity contribution in [3.63, 3.8) is 0 Å². The van der Waals surface area contributed by atoms with Crippen LogP contribution in [0.1, 0.15) is 57.8 Å². The summed E-state index contributed by atoms with van der Waals surface area (Å²) in [5.41, 5.74) is 0. The van der Waals surface area contributed by atoms with E-state index in [0.29, 0.717) is 6.42 Å². The number of carboxylic acid groups (broad SMARTS) is 1. The van der Waals surface area contributed by atoms with Gasteiger partial charge >= 0.3 is 5.97 Å². The lowest BCUT2D eigenvalue weighted by Gasteiger charge is -2.04. The monoisotopic (exact) mass is 244 g/mol. The summed E-state index contributed by atoms with van der Waals surface area (Å²) in [6.07, 6.45) is 12.2. The Labute approximate surface area is 105 Å². The molecule has 0 fully saturated rings. The predicted octanol–water partition coefficient (Wildman–Crippen LogP) is 4.07. The largest absolute Gasteiger partial charge is 0.480 e. The zero-order valence-corrected chi connectivity index (χ0v) is 10.9. The highest BCUT2D eigenvalue weighted by Crippen LogP contribution is 2.12. The van der Waals surface area contributed by atoms with E-state index >= 15 is 0 Å². The van der Waals surface area contributed by atoms with Crippen molar-refractivity contribution in [2.75, 3.05) is 0 Å². The second-order valence-corrected chi connectivity index (χ2v) is 4.82. The summed E-state index contributed by atoms with van der Waals surface area (Å²) in [5, 5.41) is 8.14. The maximum Gasteiger partial charge on any atom is 0.316 e. The van der Waals surface area contributed by atoms with E-state index in [-0.39, 0.29) is 0 Å². The van der Waals surface area contributed by atoms with Crippen LogP contribution in [-0.4, -0.2) is 16.3 Å². The Kier molecular flexibility index (Phi) is 10.8. The lowest BCUT2D eigenvalue weighted by atomic mass is 10.1. The average Bonchev–Trinajstić information content (AvgIpc) is 2.26. The van der Waals surface area contributed by atoms with Crippen LogP contribution in [0.2, 0.25) is 0 Å². The molecule has 1 N–H and O–H groups in total. The molecule has 0 spiro atoms. The topological polar surface area (TPSA) is 37.3 Å². The molecule has 0 aromatic heterocycles. The fraction of sp³-hybridized carbons (Fsp3) is 0.769. The Balaban J connectivity index is 3.09. The molecule has 94 valence electrons. The SMILES string of the molecule is C=CCCCCCCCCCC(S)C(=O)O. The maximum absolute atomic E-state index is 10.5. The van der Waals surface area contributed by atoms with Crippen molar-refractivity contribution in [1.82, 2.24) is 0 Å². The molecule has 3 heteroatoms. The second-order valence-electron chi connectivity index (χ2n) is 4.19. The van der Waals surface area contributed by atoms with E-state index in [9.17, 15) is 4.79 Å². The van der Waals surface area contributed by atoms with Gasteiger partial charge in [-0.1, -0.05) is 44.6 Å². The molecule has 0 bridgehead atoms. The maximum atomic E-state index is 10.5. The number of hydrogen-bond acceptors (Lipinski definition) is 2. The third-order valence-electron chi connectivity index (χ3n) is 2.67. The van der Waals surface area contributed by atoms with Crippen molar-refractivity contribution in [3.8, 4) is 0 Å². The molecule has 1 atom stereocenters. The number of allylic oxidation sites excluding steroid dienone is 1. The number of unbranched alkanes of at least 4 members (excludes halogenated alkanes) is 7. The normalized spacial score (nSPS) is 12.3. The standard InChI is InChI=1S/C13H24O2S/c1-2-3-4-5-6-7-8-9-10-11-12(16)13(14)15/h2,12,16H,1,3-11H2,(H,14,15). The van der Waals surface area contributed by atoms with Gasteiger partial charge in [0.05, 0.1) is 5.25 Å². The molecule has 0 aromatic rings. The first kappa shape index (κ1) is 15.6. The van der Waals surface area contributed by atoms with Crippen LogP contribution in [0, 0.1) is 0 Å². The molecule has 0 heterocycles. The highest BCUT2D eigenvalue weighted by molar-refractivity contribution is 7.81. The van der Waals surface area contributed by atoms with Gasteiger partial charge in [0.25, 0.3) is 0 Å². The van der Waals surface area contributed by atoms with Crippen molar-refractivity contribution >= 4 is 18.6 Å². The summed E-state index contributed by atoms with van der Waals surface area (Å²) >= 11 is 4.00. The highest BCUT2D eigenvalue weighted by Gasteiger charge is 2.10. The van der Waals surface area contributed by atoms with Crippen molar-refractivity contribution in [2.45, 2.75) is 63.0 Å². The van der Waals surface area contributed by atoms with E-state index < -0.39 is 11.2 Å². The summed E-state index contributed by atoms with van der Waals surface area (Å²) < 4.78 is 0. The molecule has 0 saturated heterocycles. The minimum Gasteiger partial charge on any atom is -0.480 e. The average molecular weight is 244 g/mol. The fourth-order valence-electron chi connectivity index (χ4n) is 1.63. The van der Waals surface area contributed by atoms with E-state index in [1.165, 1.54) is 32.1 Å². The second kappa shape index (κ2) is 11.1. The molecule has 0 radical (unpaired) electrons. The molecule has 16 heavy (non-hydrogen) atoms. The lowest BCUT2D eigenvalue weighted by Crippen LogP contribution is -2.12. The molecular weight excluding hydrogens is 220 g/mol. The molecule has 0 aliphatic carbocycles. The van der Waals surface area contributed by atoms with Gasteiger partial charge in [0.2, 0.25) is 0 Å². The van der Waals surface area contributed by atoms with Gasteiger partial charge in [0.15, 0.2) is 0 Å². The Morgan fingerprint density at radius 3 is 2.12 bits per heavy atom. The first-order valence-corrected chi connectivity index (χ1v) is 6.72. The number of aliphatic carboxylic acids is 1. The molecule has 2 nitrogen and oxygen atoms in total. The summed E-state index contributed by atoms with van der Waals surface area (Å²) in [5.74, 6) is -0.798. The van der Waals surface area contributed by atoms with Gasteiger partial charge in [-0.3, -0.25) is 4.79 Å². The van der Waals surface area contributed by atoms with E-state index in [0.717, 1.165) is 19.3 Å². The zero-order valence-electron chi connectivity index (χ0n) is 10.0. The molecule has 0 saturated carbocycles. The van der Waals surface area contributed by atoms with Gasteiger partial charge in [-0.2, -0.15) is 12.6 Å². The Morgan fingerprint density at radius 2 is 1.62 bits per heavy atom. The van der Waals surface area contributed by atoms with Crippen molar-refractivity contribution in [1.29, 1.82) is 0 Å². The van der Waals surface area contributed by atoms with Gasteiger partial charge < -0.3 is 5.11 Å². The van der Waals surface area contributed by atoms with Crippen LogP contribution >= 0.6 is 12.6 Å². The summed E-state index contributed by atoms with van der Waals surface area (Å²) in [4.78, 5) is 10.5. The smallest absolute Gasteiger partial charge is 0.316 e. The van der Waals surface area contributed by atoms with Crippen LogP contribution in [0.15, 0.2) is 12.7 Å². The summed E-state index contributed by atoms with van der Waals surface area (Å²) in [7, 11) is 0. The molecule has 1 unspecified atom stereocenters. The molecule has 0 aliphatic rings. The Morgan fingerprint density at radius 1 is 1.12 bits per heavy atom. The summed E-state index contributed by atoms with van der Waals surface area (Å²) in [6.45, 7) is 3.69. The van der Waals surface area contributed by atoms with Gasteiger partial charge in [-0.15, -0.1) is 6.58 Å². The van der Waals surface area contributed by atoms with E-state index in [1.807, 2.05) is 6.08 Å². The summed E-state index contributed by atoms with van der Waals surface area (Å²) in [6, 6.07) is 0. The number of carbonyl (C=O) groups is 1. The van der Waals surface area contributed by atoms with Crippen LogP contribution in [0.3, 0.4) is 0 Å². The van der Waals surface area contributed by atoms with E-state index in [4.69, 9.17) is 5.11 Å². The molecule has 0 rings (SSSR count). The number of thiol groups is 1. The first-order chi connectivity index (χ1) is 7.68. The molecule has 0 aliphatic heterocycles. The fourth-order valence-corrected chi connectivity index (χ4v) is 1.82. The minimum atomic E-state index is -0.798. The van der Waals surface area contributed by atoms with Gasteiger partial charge in [-0.05, 0) is 19.3 Å². The van der Waals surface area contributed by atoms with Gasteiger partial charge in [0, 0.05) is 0 Å². The van der Waals surface area contributed by atoms with Crippen LogP contribution in [-0.2, 0) is 4.79 Å². The van der Waals surface area contributed by atoms with Crippen LogP contribution < -0.4 is 0 Å². The minimum absolute atomic E-state index is 0.479. The molecule has 0 aromatic carbocycles. The van der Waals surface area contributed by atoms with E-state index in [2.05, 4.69) is 19.2 Å². The van der Waals surface area contributed by atoms with Crippen LogP contribution in [0.5, 0.6) is 0 Å². The Hall–Kier alpha value is -0.440. The van der Waals surface area contributed by atoms with Crippen molar-refractivity contribution in [2.24, 2.45) is 0 Å². The quantitative estimate of drug-likeness (QED) is 0.327. The van der Waals surface area contributed by atoms with E-state index in [1.54, 1.807) is 0 Å². The van der Waals surface area contributed by atoms with Gasteiger partial charge in [-0.25, -0.2) is 0 Å². The number of hydrogen-bond donors (Lipinski definition) is 2. The number of rotatable bonds is 11. The lowest BCUT2D eigenvalue weighted by molar-refractivity contribution is -0.136. The van der Waals surface area contributed by atoms with Gasteiger partial charge in [0.1, 0.15) is 0 Å². The van der Waals surface area contributed by atoms with Crippen LogP contribution in [0.25, 0.3) is 0 Å². The van der Waals surface area contributed by atoms with Crippen molar-refractivity contribution < 1.29 is 9.90 Å². The predicted molar refractivity (Wildman–Crippen MR) is 72.2 cm³/mol. The van der Waals surface area contributed by atoms with Crippen molar-refractivity contribution in [3.05, 3.63) is 12.7 Å². The third kappa shape index (κ3) is 10.1. The molecular formula is C13H24O2S. The van der Waals surface area contributed by atoms with Crippen LogP contribution in [0.4, 0.5) is 0 Å². The zero-order chi connectivity index (χ0) is 12.2. The first-order valence-electron chi connectivity index (χ1n) is 6.20. The molecule has 0 amide bonds. The highest BCUT2D eigenvalue weighted by atomic mass is 32.1. The third-order valence-corrected chi connectivity index (χ3v) is 3.15.